The number of carbonyl (C=O) groups excluding carboxylic acids is 1. The van der Waals surface area contributed by atoms with Gasteiger partial charge in [-0.1, -0.05) is 30.3 Å². The van der Waals surface area contributed by atoms with E-state index in [1.54, 1.807) is 11.3 Å². The van der Waals surface area contributed by atoms with E-state index in [2.05, 4.69) is 4.72 Å². The molecule has 118 valence electrons. The molecule has 0 aliphatic carbocycles. The van der Waals surface area contributed by atoms with Crippen LogP contribution >= 0.6 is 11.3 Å². The second kappa shape index (κ2) is 6.23. The second-order valence-corrected chi connectivity index (χ2v) is 7.84. The summed E-state index contributed by atoms with van der Waals surface area (Å²) in [6, 6.07) is 13.8. The third kappa shape index (κ3) is 3.34. The largest absolute Gasteiger partial charge is 0.295 e. The van der Waals surface area contributed by atoms with Crippen LogP contribution in [0.3, 0.4) is 0 Å². The van der Waals surface area contributed by atoms with Crippen molar-refractivity contribution < 1.29 is 13.2 Å². The Morgan fingerprint density at radius 3 is 2.48 bits per heavy atom. The van der Waals surface area contributed by atoms with Crippen molar-refractivity contribution in [3.63, 3.8) is 0 Å². The number of Topliss-reactive ketones (excluding diaryl/α,β-unsaturated/α-hetero) is 1. The van der Waals surface area contributed by atoms with Gasteiger partial charge in [0.05, 0.1) is 4.90 Å². The van der Waals surface area contributed by atoms with Crippen LogP contribution in [0.4, 0.5) is 0 Å². The fourth-order valence-corrected chi connectivity index (χ4v) is 4.26. The third-order valence-corrected chi connectivity index (χ3v) is 6.01. The molecule has 0 amide bonds. The van der Waals surface area contributed by atoms with Crippen LogP contribution in [0, 0.1) is 0 Å². The molecule has 0 fully saturated rings. The lowest BCUT2D eigenvalue weighted by molar-refractivity contribution is 0.101. The molecule has 0 spiro atoms. The van der Waals surface area contributed by atoms with Crippen molar-refractivity contribution in [1.82, 2.24) is 4.72 Å². The number of carbonyl (C=O) groups is 1. The molecule has 0 saturated heterocycles. The van der Waals surface area contributed by atoms with E-state index in [0.29, 0.717) is 5.56 Å². The molecule has 0 bridgehead atoms. The first-order chi connectivity index (χ1) is 11.0. The Kier molecular flexibility index (Phi) is 4.30. The van der Waals surface area contributed by atoms with E-state index in [9.17, 15) is 13.2 Å². The first-order valence-corrected chi connectivity index (χ1v) is 9.39. The highest BCUT2D eigenvalue weighted by Gasteiger charge is 2.15. The fourth-order valence-electron chi connectivity index (χ4n) is 2.29. The van der Waals surface area contributed by atoms with E-state index >= 15 is 0 Å². The molecule has 0 atom stereocenters. The Morgan fingerprint density at radius 1 is 1.09 bits per heavy atom. The molecule has 4 nitrogen and oxygen atoms in total. The quantitative estimate of drug-likeness (QED) is 0.719. The molecule has 6 heteroatoms. The summed E-state index contributed by atoms with van der Waals surface area (Å²) in [5.74, 6) is -0.0911. The van der Waals surface area contributed by atoms with Crippen molar-refractivity contribution in [3.05, 3.63) is 65.0 Å². The number of ketones is 1. The van der Waals surface area contributed by atoms with Crippen LogP contribution in [0.2, 0.25) is 0 Å². The molecule has 3 rings (SSSR count). The highest BCUT2D eigenvalue weighted by atomic mass is 32.2. The SMILES string of the molecule is CC(=O)c1ccc(S(=O)(=O)NCc2csc3ccccc23)cc1. The summed E-state index contributed by atoms with van der Waals surface area (Å²) >= 11 is 1.59. The minimum atomic E-state index is -3.60. The summed E-state index contributed by atoms with van der Waals surface area (Å²) in [6.45, 7) is 1.68. The van der Waals surface area contributed by atoms with Crippen LogP contribution in [0.1, 0.15) is 22.8 Å². The van der Waals surface area contributed by atoms with Crippen molar-refractivity contribution in [1.29, 1.82) is 0 Å². The number of benzene rings is 2. The van der Waals surface area contributed by atoms with Crippen molar-refractivity contribution >= 4 is 37.2 Å². The van der Waals surface area contributed by atoms with E-state index in [1.165, 1.54) is 31.2 Å². The maximum atomic E-state index is 12.4. The minimum Gasteiger partial charge on any atom is -0.295 e. The summed E-state index contributed by atoms with van der Waals surface area (Å²) in [7, 11) is -3.60. The van der Waals surface area contributed by atoms with Crippen molar-refractivity contribution in [2.75, 3.05) is 0 Å². The summed E-state index contributed by atoms with van der Waals surface area (Å²) in [6.07, 6.45) is 0. The van der Waals surface area contributed by atoms with Crippen LogP contribution in [0.25, 0.3) is 10.1 Å². The van der Waals surface area contributed by atoms with Crippen molar-refractivity contribution in [2.24, 2.45) is 0 Å². The predicted octanol–water partition coefficient (Wildman–Crippen LogP) is 3.58. The molecule has 0 unspecified atom stereocenters. The Hall–Kier alpha value is -2.02. The average molecular weight is 345 g/mol. The van der Waals surface area contributed by atoms with Crippen LogP contribution in [0.15, 0.2) is 58.8 Å². The van der Waals surface area contributed by atoms with Crippen molar-refractivity contribution in [2.45, 2.75) is 18.4 Å². The van der Waals surface area contributed by atoms with Gasteiger partial charge in [-0.3, -0.25) is 4.79 Å². The number of nitrogens with one attached hydrogen (secondary N) is 1. The topological polar surface area (TPSA) is 63.2 Å². The van der Waals surface area contributed by atoms with Gasteiger partial charge in [0.2, 0.25) is 10.0 Å². The lowest BCUT2D eigenvalue weighted by atomic mass is 10.2. The van der Waals surface area contributed by atoms with Crippen LogP contribution in [0.5, 0.6) is 0 Å². The molecule has 1 heterocycles. The maximum absolute atomic E-state index is 12.4. The summed E-state index contributed by atoms with van der Waals surface area (Å²) < 4.78 is 28.4. The first kappa shape index (κ1) is 15.9. The van der Waals surface area contributed by atoms with Crippen LogP contribution in [-0.2, 0) is 16.6 Å². The summed E-state index contributed by atoms with van der Waals surface area (Å²) in [4.78, 5) is 11.4. The number of rotatable bonds is 5. The lowest BCUT2D eigenvalue weighted by Crippen LogP contribution is -2.23. The van der Waals surface area contributed by atoms with Gasteiger partial charge in [-0.25, -0.2) is 13.1 Å². The van der Waals surface area contributed by atoms with Gasteiger partial charge in [-0.2, -0.15) is 0 Å². The van der Waals surface area contributed by atoms with E-state index < -0.39 is 10.0 Å². The molecule has 0 aliphatic rings. The predicted molar refractivity (Wildman–Crippen MR) is 92.3 cm³/mol. The molecule has 1 N–H and O–H groups in total. The molecule has 23 heavy (non-hydrogen) atoms. The van der Waals surface area contributed by atoms with E-state index in [0.717, 1.165) is 15.6 Å². The Morgan fingerprint density at radius 2 is 1.78 bits per heavy atom. The minimum absolute atomic E-state index is 0.0911. The van der Waals surface area contributed by atoms with Gasteiger partial charge in [0.25, 0.3) is 0 Å². The molecule has 3 aromatic rings. The number of fused-ring (bicyclic) bond motifs is 1. The van der Waals surface area contributed by atoms with Gasteiger partial charge in [-0.15, -0.1) is 11.3 Å². The van der Waals surface area contributed by atoms with E-state index in [-0.39, 0.29) is 17.2 Å². The normalized spacial score (nSPS) is 11.7. The summed E-state index contributed by atoms with van der Waals surface area (Å²) in [5.41, 5.74) is 1.45. The zero-order valence-electron chi connectivity index (χ0n) is 12.4. The number of thiophene rings is 1. The van der Waals surface area contributed by atoms with Crippen molar-refractivity contribution in [3.8, 4) is 0 Å². The zero-order valence-corrected chi connectivity index (χ0v) is 14.1. The summed E-state index contributed by atoms with van der Waals surface area (Å²) in [5, 5.41) is 3.03. The molecular weight excluding hydrogens is 330 g/mol. The lowest BCUT2D eigenvalue weighted by Gasteiger charge is -2.07. The standard InChI is InChI=1S/C17H15NO3S2/c1-12(19)13-6-8-15(9-7-13)23(20,21)18-10-14-11-22-17-5-3-2-4-16(14)17/h2-9,11,18H,10H2,1H3. The monoisotopic (exact) mass is 345 g/mol. The zero-order chi connectivity index (χ0) is 16.4. The Labute approximate surface area is 138 Å². The molecule has 2 aromatic carbocycles. The molecule has 0 radical (unpaired) electrons. The first-order valence-electron chi connectivity index (χ1n) is 7.03. The van der Waals surface area contributed by atoms with Gasteiger partial charge in [0.15, 0.2) is 5.78 Å². The number of sulfonamides is 1. The number of hydrogen-bond donors (Lipinski definition) is 1. The maximum Gasteiger partial charge on any atom is 0.240 e. The molecule has 0 saturated carbocycles. The second-order valence-electron chi connectivity index (χ2n) is 5.16. The fraction of sp³-hybridized carbons (Fsp3) is 0.118. The Bertz CT molecular complexity index is 957. The van der Waals surface area contributed by atoms with E-state index in [1.807, 2.05) is 29.6 Å². The van der Waals surface area contributed by atoms with Gasteiger partial charge in [0.1, 0.15) is 0 Å². The Balaban J connectivity index is 1.80. The molecule has 1 aromatic heterocycles. The smallest absolute Gasteiger partial charge is 0.240 e. The van der Waals surface area contributed by atoms with Gasteiger partial charge >= 0.3 is 0 Å². The van der Waals surface area contributed by atoms with Crippen LogP contribution in [-0.4, -0.2) is 14.2 Å². The van der Waals surface area contributed by atoms with Crippen LogP contribution < -0.4 is 4.72 Å². The van der Waals surface area contributed by atoms with Gasteiger partial charge < -0.3 is 0 Å². The average Bonchev–Trinajstić information content (AvgIpc) is 2.96. The molecular formula is C17H15NO3S2. The van der Waals surface area contributed by atoms with E-state index in [4.69, 9.17) is 0 Å². The number of hydrogen-bond acceptors (Lipinski definition) is 4. The molecule has 0 aliphatic heterocycles. The van der Waals surface area contributed by atoms with Gasteiger partial charge in [0, 0.05) is 16.8 Å². The highest BCUT2D eigenvalue weighted by molar-refractivity contribution is 7.89. The van der Waals surface area contributed by atoms with Gasteiger partial charge in [-0.05, 0) is 41.5 Å². The highest BCUT2D eigenvalue weighted by Crippen LogP contribution is 2.25. The third-order valence-electron chi connectivity index (χ3n) is 3.58.